The number of aliphatic hydroxyl groups excluding tert-OH is 2. The highest BCUT2D eigenvalue weighted by atomic mass is 16.6. The van der Waals surface area contributed by atoms with Gasteiger partial charge in [-0.1, -0.05) is 117 Å². The quantitative estimate of drug-likeness (QED) is 0.106. The molecule has 0 aromatic rings. The first kappa shape index (κ1) is 36.0. The molecule has 0 aliphatic heterocycles. The van der Waals surface area contributed by atoms with Gasteiger partial charge in [-0.25, -0.2) is 0 Å². The fourth-order valence-electron chi connectivity index (χ4n) is 3.62. The van der Waals surface area contributed by atoms with E-state index >= 15 is 0 Å². The summed E-state index contributed by atoms with van der Waals surface area (Å²) in [6, 6.07) is 0. The van der Waals surface area contributed by atoms with Gasteiger partial charge in [0.15, 0.2) is 0 Å². The van der Waals surface area contributed by atoms with E-state index in [9.17, 15) is 9.59 Å². The Bertz CT molecular complexity index is 403. The van der Waals surface area contributed by atoms with Crippen LogP contribution in [0.3, 0.4) is 0 Å². The first-order chi connectivity index (χ1) is 17.0. The lowest BCUT2D eigenvalue weighted by Gasteiger charge is -2.07. The average molecular weight is 503 g/mol. The number of hydrogen-bond acceptors (Lipinski definition) is 6. The van der Waals surface area contributed by atoms with Gasteiger partial charge in [0.05, 0.1) is 12.7 Å². The van der Waals surface area contributed by atoms with Gasteiger partial charge in [-0.3, -0.25) is 9.59 Å². The van der Waals surface area contributed by atoms with Gasteiger partial charge < -0.3 is 19.7 Å². The van der Waals surface area contributed by atoms with Crippen LogP contribution in [-0.4, -0.2) is 48.1 Å². The molecule has 0 heterocycles. The number of carbonyl (C=O) groups is 2. The third-order valence-corrected chi connectivity index (χ3v) is 5.84. The normalized spacial score (nSPS) is 11.5. The summed E-state index contributed by atoms with van der Waals surface area (Å²) in [5.74, 6) is -0.346. The number of carbonyl (C=O) groups excluding carboxylic acids is 2. The summed E-state index contributed by atoms with van der Waals surface area (Å²) in [6.07, 6.45) is 22.6. The fourth-order valence-corrected chi connectivity index (χ4v) is 3.62. The highest BCUT2D eigenvalue weighted by molar-refractivity contribution is 5.70. The Hall–Kier alpha value is -1.14. The Balaban J connectivity index is 0. The van der Waals surface area contributed by atoms with Crippen LogP contribution in [-0.2, 0) is 19.1 Å². The Labute approximate surface area is 216 Å². The second-order valence-electron chi connectivity index (χ2n) is 9.63. The van der Waals surface area contributed by atoms with E-state index in [0.29, 0.717) is 12.8 Å². The molecule has 0 radical (unpaired) electrons. The molecule has 0 saturated heterocycles. The molecule has 0 aliphatic carbocycles. The molecule has 0 bridgehead atoms. The summed E-state index contributed by atoms with van der Waals surface area (Å²) < 4.78 is 10.3. The Morgan fingerprint density at radius 3 is 1.09 bits per heavy atom. The third-order valence-electron chi connectivity index (χ3n) is 5.84. The van der Waals surface area contributed by atoms with Gasteiger partial charge in [0.25, 0.3) is 0 Å². The maximum atomic E-state index is 11.7. The molecule has 0 saturated carbocycles. The van der Waals surface area contributed by atoms with Gasteiger partial charge in [0.2, 0.25) is 0 Å². The molecule has 1 atom stereocenters. The van der Waals surface area contributed by atoms with E-state index in [-0.39, 0.29) is 31.8 Å². The number of hydrogen-bond donors (Lipinski definition) is 2. The smallest absolute Gasteiger partial charge is 0.305 e. The molecule has 2 N–H and O–H groups in total. The third kappa shape index (κ3) is 35.1. The largest absolute Gasteiger partial charge is 0.462 e. The van der Waals surface area contributed by atoms with Crippen molar-refractivity contribution in [3.8, 4) is 0 Å². The molecule has 0 spiro atoms. The van der Waals surface area contributed by atoms with Gasteiger partial charge in [-0.2, -0.15) is 0 Å². The maximum absolute atomic E-state index is 11.7. The summed E-state index contributed by atoms with van der Waals surface area (Å²) in [5.41, 5.74) is 0. The molecular weight excluding hydrogens is 444 g/mol. The molecule has 35 heavy (non-hydrogen) atoms. The molecule has 0 fully saturated rings. The van der Waals surface area contributed by atoms with Gasteiger partial charge in [-0.15, -0.1) is 0 Å². The number of unbranched alkanes of at least 4 members (excludes halogenated alkanes) is 16. The van der Waals surface area contributed by atoms with Crippen molar-refractivity contribution in [3.05, 3.63) is 0 Å². The highest BCUT2D eigenvalue weighted by Gasteiger charge is 2.05. The van der Waals surface area contributed by atoms with Crippen molar-refractivity contribution in [2.75, 3.05) is 19.8 Å². The summed E-state index contributed by atoms with van der Waals surface area (Å²) in [6.45, 7) is 6.23. The average Bonchev–Trinajstić information content (AvgIpc) is 2.85. The second kappa shape index (κ2) is 30.9. The Morgan fingerprint density at radius 1 is 0.571 bits per heavy atom. The number of aliphatic hydroxyl groups is 2. The van der Waals surface area contributed by atoms with E-state index in [1.54, 1.807) is 0 Å². The molecule has 1 unspecified atom stereocenters. The molecule has 0 aromatic heterocycles. The van der Waals surface area contributed by atoms with E-state index in [0.717, 1.165) is 25.7 Å². The summed E-state index contributed by atoms with van der Waals surface area (Å²) in [7, 11) is 0. The minimum atomic E-state index is -0.560. The highest BCUT2D eigenvalue weighted by Crippen LogP contribution is 2.12. The molecule has 6 nitrogen and oxygen atoms in total. The molecule has 0 rings (SSSR count). The molecule has 0 aromatic carbocycles. The van der Waals surface area contributed by atoms with Gasteiger partial charge >= 0.3 is 11.9 Å². The second-order valence-corrected chi connectivity index (χ2v) is 9.63. The van der Waals surface area contributed by atoms with Crippen LogP contribution in [0.15, 0.2) is 0 Å². The maximum Gasteiger partial charge on any atom is 0.305 e. The van der Waals surface area contributed by atoms with Gasteiger partial charge in [0.1, 0.15) is 13.2 Å². The summed E-state index contributed by atoms with van der Waals surface area (Å²) in [4.78, 5) is 23.4. The summed E-state index contributed by atoms with van der Waals surface area (Å²) in [5, 5.41) is 16.0. The predicted molar refractivity (Wildman–Crippen MR) is 144 cm³/mol. The van der Waals surface area contributed by atoms with E-state index in [4.69, 9.17) is 19.7 Å². The Kier molecular flexibility index (Phi) is 31.8. The number of esters is 2. The fraction of sp³-hybridized carbons (Fsp3) is 0.931. The molecule has 210 valence electrons. The van der Waals surface area contributed by atoms with Crippen LogP contribution in [0, 0.1) is 0 Å². The van der Waals surface area contributed by atoms with Crippen LogP contribution in [0.4, 0.5) is 0 Å². The Morgan fingerprint density at radius 2 is 0.829 bits per heavy atom. The number of ether oxygens (including phenoxy) is 2. The van der Waals surface area contributed by atoms with Crippen LogP contribution in [0.1, 0.15) is 149 Å². The SMILES string of the molecule is CC(O)CO.CCCCCCCCCCCC(=O)OCCOC(=O)CCCCCCCCCCC. The van der Waals surface area contributed by atoms with Crippen molar-refractivity contribution in [3.63, 3.8) is 0 Å². The zero-order valence-electron chi connectivity index (χ0n) is 23.4. The zero-order valence-corrected chi connectivity index (χ0v) is 23.4. The summed E-state index contributed by atoms with van der Waals surface area (Å²) >= 11 is 0. The van der Waals surface area contributed by atoms with Crippen LogP contribution in [0.25, 0.3) is 0 Å². The van der Waals surface area contributed by atoms with E-state index in [2.05, 4.69) is 13.8 Å². The first-order valence-electron chi connectivity index (χ1n) is 14.6. The first-order valence-corrected chi connectivity index (χ1v) is 14.6. The predicted octanol–water partition coefficient (Wildman–Crippen LogP) is 7.27. The van der Waals surface area contributed by atoms with Crippen LogP contribution < -0.4 is 0 Å². The van der Waals surface area contributed by atoms with Gasteiger partial charge in [0, 0.05) is 12.8 Å². The van der Waals surface area contributed by atoms with E-state index in [1.165, 1.54) is 96.8 Å². The minimum absolute atomic E-state index is 0.139. The van der Waals surface area contributed by atoms with Crippen LogP contribution in [0.2, 0.25) is 0 Å². The zero-order chi connectivity index (χ0) is 26.4. The standard InChI is InChI=1S/C26H50O4.C3H8O2/c1-3-5-7-9-11-13-15-17-19-21-25(27)29-23-24-30-26(28)22-20-18-16-14-12-10-8-6-4-2;1-3(5)2-4/h3-24H2,1-2H3;3-5H,2H2,1H3. The number of rotatable bonds is 24. The minimum Gasteiger partial charge on any atom is -0.462 e. The van der Waals surface area contributed by atoms with Crippen molar-refractivity contribution in [1.29, 1.82) is 0 Å². The lowest BCUT2D eigenvalue weighted by atomic mass is 10.1. The van der Waals surface area contributed by atoms with Crippen LogP contribution in [0.5, 0.6) is 0 Å². The monoisotopic (exact) mass is 502 g/mol. The van der Waals surface area contributed by atoms with Crippen molar-refractivity contribution < 1.29 is 29.3 Å². The van der Waals surface area contributed by atoms with Crippen LogP contribution >= 0.6 is 0 Å². The molecule has 0 aliphatic rings. The lowest BCUT2D eigenvalue weighted by molar-refractivity contribution is -0.152. The van der Waals surface area contributed by atoms with Crippen molar-refractivity contribution in [1.82, 2.24) is 0 Å². The lowest BCUT2D eigenvalue weighted by Crippen LogP contribution is -2.13. The van der Waals surface area contributed by atoms with Crippen molar-refractivity contribution >= 4 is 11.9 Å². The van der Waals surface area contributed by atoms with Crippen molar-refractivity contribution in [2.45, 2.75) is 155 Å². The molecule has 0 amide bonds. The molecular formula is C29H58O6. The topological polar surface area (TPSA) is 93.1 Å². The van der Waals surface area contributed by atoms with E-state index in [1.807, 2.05) is 0 Å². The molecule has 6 heteroatoms. The van der Waals surface area contributed by atoms with Crippen molar-refractivity contribution in [2.24, 2.45) is 0 Å². The van der Waals surface area contributed by atoms with E-state index < -0.39 is 6.10 Å². The van der Waals surface area contributed by atoms with Gasteiger partial charge in [-0.05, 0) is 19.8 Å².